The Kier molecular flexibility index (Phi) is 4.82. The minimum atomic E-state index is -0.424. The van der Waals surface area contributed by atoms with Crippen LogP contribution in [0.5, 0.6) is 0 Å². The Morgan fingerprint density at radius 3 is 2.65 bits per heavy atom. The highest BCUT2D eigenvalue weighted by Gasteiger charge is 2.11. The summed E-state index contributed by atoms with van der Waals surface area (Å²) in [7, 11) is 1.31. The zero-order chi connectivity index (χ0) is 12.8. The molecule has 0 heterocycles. The van der Waals surface area contributed by atoms with Gasteiger partial charge in [-0.2, -0.15) is 0 Å². The Labute approximate surface area is 99.6 Å². The lowest BCUT2D eigenvalue weighted by atomic mass is 10.0. The molecule has 1 aromatic carbocycles. The van der Waals surface area contributed by atoms with Gasteiger partial charge in [-0.1, -0.05) is 6.07 Å². The molecule has 1 rings (SSSR count). The molecule has 3 nitrogen and oxygen atoms in total. The van der Waals surface area contributed by atoms with Gasteiger partial charge in [-0.3, -0.25) is 9.59 Å². The number of hydrogen-bond donors (Lipinski definition) is 0. The minimum absolute atomic E-state index is 0.147. The van der Waals surface area contributed by atoms with Crippen molar-refractivity contribution in [2.24, 2.45) is 0 Å². The van der Waals surface area contributed by atoms with E-state index in [0.29, 0.717) is 12.0 Å². The summed E-state index contributed by atoms with van der Waals surface area (Å²) in [4.78, 5) is 22.6. The third-order valence-electron chi connectivity index (χ3n) is 2.51. The Morgan fingerprint density at radius 1 is 1.29 bits per heavy atom. The van der Waals surface area contributed by atoms with E-state index in [9.17, 15) is 14.0 Å². The van der Waals surface area contributed by atoms with Gasteiger partial charge in [0.05, 0.1) is 7.11 Å². The lowest BCUT2D eigenvalue weighted by Gasteiger charge is -2.04. The summed E-state index contributed by atoms with van der Waals surface area (Å²) in [6.07, 6.45) is 0.845. The highest BCUT2D eigenvalue weighted by atomic mass is 19.1. The molecule has 0 N–H and O–H groups in total. The molecule has 0 atom stereocenters. The monoisotopic (exact) mass is 238 g/mol. The van der Waals surface area contributed by atoms with Crippen molar-refractivity contribution in [2.75, 3.05) is 7.11 Å². The van der Waals surface area contributed by atoms with Crippen LogP contribution in [0.15, 0.2) is 18.2 Å². The number of ether oxygens (including phenoxy) is 1. The molecule has 0 saturated heterocycles. The van der Waals surface area contributed by atoms with Crippen LogP contribution in [0, 0.1) is 12.7 Å². The molecular formula is C13H15FO3. The molecule has 0 aliphatic heterocycles. The van der Waals surface area contributed by atoms with Gasteiger partial charge in [0.1, 0.15) is 5.82 Å². The van der Waals surface area contributed by atoms with Crippen LogP contribution in [0.4, 0.5) is 4.39 Å². The molecule has 1 aromatic rings. The van der Waals surface area contributed by atoms with E-state index in [0.717, 1.165) is 5.56 Å². The van der Waals surface area contributed by atoms with Crippen molar-refractivity contribution in [2.45, 2.75) is 26.2 Å². The van der Waals surface area contributed by atoms with Crippen LogP contribution in [-0.2, 0) is 9.53 Å². The fourth-order valence-corrected chi connectivity index (χ4v) is 1.52. The number of carbonyl (C=O) groups is 2. The van der Waals surface area contributed by atoms with Crippen molar-refractivity contribution >= 4 is 11.8 Å². The first-order chi connectivity index (χ1) is 8.04. The maximum atomic E-state index is 13.0. The first kappa shape index (κ1) is 13.4. The van der Waals surface area contributed by atoms with Crippen molar-refractivity contribution < 1.29 is 18.7 Å². The minimum Gasteiger partial charge on any atom is -0.469 e. The van der Waals surface area contributed by atoms with Crippen LogP contribution in [0.25, 0.3) is 0 Å². The lowest BCUT2D eigenvalue weighted by Crippen LogP contribution is -2.05. The number of rotatable bonds is 5. The molecule has 4 heteroatoms. The standard InChI is InChI=1S/C13H15FO3/c1-9-6-7-10(14)8-11(9)12(15)4-3-5-13(16)17-2/h6-8H,3-5H2,1-2H3. The number of halogens is 1. The van der Waals surface area contributed by atoms with E-state index in [1.165, 1.54) is 19.2 Å². The summed E-state index contributed by atoms with van der Waals surface area (Å²) in [5.41, 5.74) is 1.13. The van der Waals surface area contributed by atoms with E-state index in [1.54, 1.807) is 13.0 Å². The van der Waals surface area contributed by atoms with Crippen LogP contribution < -0.4 is 0 Å². The van der Waals surface area contributed by atoms with Crippen molar-refractivity contribution in [1.82, 2.24) is 0 Å². The van der Waals surface area contributed by atoms with E-state index in [2.05, 4.69) is 4.74 Å². The van der Waals surface area contributed by atoms with Gasteiger partial charge in [-0.05, 0) is 31.0 Å². The number of benzene rings is 1. The van der Waals surface area contributed by atoms with Crippen LogP contribution in [0.2, 0.25) is 0 Å². The summed E-state index contributed by atoms with van der Waals surface area (Å²) in [5, 5.41) is 0. The molecular weight excluding hydrogens is 223 g/mol. The summed E-state index contributed by atoms with van der Waals surface area (Å²) in [6, 6.07) is 4.12. The molecule has 0 unspecified atom stereocenters. The SMILES string of the molecule is COC(=O)CCCC(=O)c1cc(F)ccc1C. The van der Waals surface area contributed by atoms with Gasteiger partial charge in [0.2, 0.25) is 0 Å². The predicted molar refractivity (Wildman–Crippen MR) is 61.3 cm³/mol. The average Bonchev–Trinajstić information content (AvgIpc) is 2.31. The van der Waals surface area contributed by atoms with Gasteiger partial charge in [0.25, 0.3) is 0 Å². The molecule has 0 aromatic heterocycles. The highest BCUT2D eigenvalue weighted by Crippen LogP contribution is 2.14. The van der Waals surface area contributed by atoms with E-state index in [1.807, 2.05) is 0 Å². The number of aryl methyl sites for hydroxylation is 1. The van der Waals surface area contributed by atoms with Gasteiger partial charge in [0, 0.05) is 18.4 Å². The van der Waals surface area contributed by atoms with Gasteiger partial charge in [-0.15, -0.1) is 0 Å². The number of ketones is 1. The summed E-state index contributed by atoms with van der Waals surface area (Å²) in [5.74, 6) is -0.911. The van der Waals surface area contributed by atoms with Gasteiger partial charge in [0.15, 0.2) is 5.78 Å². The second-order valence-electron chi connectivity index (χ2n) is 3.81. The Balaban J connectivity index is 2.58. The third-order valence-corrected chi connectivity index (χ3v) is 2.51. The smallest absolute Gasteiger partial charge is 0.305 e. The van der Waals surface area contributed by atoms with Crippen molar-refractivity contribution in [3.63, 3.8) is 0 Å². The zero-order valence-electron chi connectivity index (χ0n) is 9.96. The first-order valence-corrected chi connectivity index (χ1v) is 5.40. The van der Waals surface area contributed by atoms with Crippen molar-refractivity contribution in [3.8, 4) is 0 Å². The third kappa shape index (κ3) is 3.98. The van der Waals surface area contributed by atoms with E-state index in [-0.39, 0.29) is 24.6 Å². The highest BCUT2D eigenvalue weighted by molar-refractivity contribution is 5.97. The summed E-state index contributed by atoms with van der Waals surface area (Å²) in [6.45, 7) is 1.76. The molecule has 0 aliphatic rings. The molecule has 0 fully saturated rings. The second-order valence-corrected chi connectivity index (χ2v) is 3.81. The average molecular weight is 238 g/mol. The van der Waals surface area contributed by atoms with Gasteiger partial charge in [-0.25, -0.2) is 4.39 Å². The maximum absolute atomic E-state index is 13.0. The van der Waals surface area contributed by atoms with Gasteiger partial charge >= 0.3 is 5.97 Å². The second kappa shape index (κ2) is 6.13. The quantitative estimate of drug-likeness (QED) is 0.585. The molecule has 0 saturated carbocycles. The Bertz CT molecular complexity index is 427. The van der Waals surface area contributed by atoms with Crippen molar-refractivity contribution in [1.29, 1.82) is 0 Å². The fraction of sp³-hybridized carbons (Fsp3) is 0.385. The number of Topliss-reactive ketones (excluding diaryl/α,β-unsaturated/α-hetero) is 1. The Hall–Kier alpha value is -1.71. The molecule has 92 valence electrons. The number of esters is 1. The van der Waals surface area contributed by atoms with Crippen LogP contribution in [0.3, 0.4) is 0 Å². The van der Waals surface area contributed by atoms with Crippen LogP contribution in [-0.4, -0.2) is 18.9 Å². The molecule has 0 spiro atoms. The number of methoxy groups -OCH3 is 1. The largest absolute Gasteiger partial charge is 0.469 e. The van der Waals surface area contributed by atoms with E-state index >= 15 is 0 Å². The van der Waals surface area contributed by atoms with Crippen LogP contribution >= 0.6 is 0 Å². The molecule has 0 amide bonds. The van der Waals surface area contributed by atoms with Crippen LogP contribution in [0.1, 0.15) is 35.2 Å². The maximum Gasteiger partial charge on any atom is 0.305 e. The van der Waals surface area contributed by atoms with E-state index in [4.69, 9.17) is 0 Å². The Morgan fingerprint density at radius 2 is 2.00 bits per heavy atom. The molecule has 0 bridgehead atoms. The summed E-state index contributed by atoms with van der Waals surface area (Å²) >= 11 is 0. The number of hydrogen-bond acceptors (Lipinski definition) is 3. The number of carbonyl (C=O) groups excluding carboxylic acids is 2. The normalized spacial score (nSPS) is 10.1. The fourth-order valence-electron chi connectivity index (χ4n) is 1.52. The van der Waals surface area contributed by atoms with E-state index < -0.39 is 5.82 Å². The van der Waals surface area contributed by atoms with Gasteiger partial charge < -0.3 is 4.74 Å². The summed E-state index contributed by atoms with van der Waals surface area (Å²) < 4.78 is 17.5. The molecule has 17 heavy (non-hydrogen) atoms. The predicted octanol–water partition coefficient (Wildman–Crippen LogP) is 2.66. The molecule has 0 radical (unpaired) electrons. The lowest BCUT2D eigenvalue weighted by molar-refractivity contribution is -0.140. The topological polar surface area (TPSA) is 43.4 Å². The van der Waals surface area contributed by atoms with Crippen molar-refractivity contribution in [3.05, 3.63) is 35.1 Å². The first-order valence-electron chi connectivity index (χ1n) is 5.40. The zero-order valence-corrected chi connectivity index (χ0v) is 9.96. The molecule has 0 aliphatic carbocycles.